The zero-order valence-electron chi connectivity index (χ0n) is 10.6. The summed E-state index contributed by atoms with van der Waals surface area (Å²) in [5.74, 6) is -0.175. The Kier molecular flexibility index (Phi) is 5.17. The zero-order valence-corrected chi connectivity index (χ0v) is 14.6. The smallest absolute Gasteiger partial charge is 0.128 e. The van der Waals surface area contributed by atoms with Crippen LogP contribution in [0.2, 0.25) is 0 Å². The molecular weight excluding hydrogens is 393 g/mol. The molecule has 1 heterocycles. The van der Waals surface area contributed by atoms with Gasteiger partial charge in [-0.2, -0.15) is 0 Å². The van der Waals surface area contributed by atoms with Gasteiger partial charge < -0.3 is 5.32 Å². The van der Waals surface area contributed by atoms with E-state index in [0.29, 0.717) is 5.56 Å². The SMILES string of the molecule is CCNC(c1cc(C)ccc1F)c1cc(Br)sc1Br. The van der Waals surface area contributed by atoms with Gasteiger partial charge in [-0.1, -0.05) is 24.6 Å². The van der Waals surface area contributed by atoms with Gasteiger partial charge in [0.15, 0.2) is 0 Å². The van der Waals surface area contributed by atoms with Gasteiger partial charge in [0.05, 0.1) is 13.6 Å². The number of halogens is 3. The maximum absolute atomic E-state index is 14.1. The third-order valence-corrected chi connectivity index (χ3v) is 5.25. The number of aryl methyl sites for hydroxylation is 1. The van der Waals surface area contributed by atoms with Gasteiger partial charge in [0, 0.05) is 5.56 Å². The molecule has 1 unspecified atom stereocenters. The third kappa shape index (κ3) is 3.45. The largest absolute Gasteiger partial charge is 0.306 e. The van der Waals surface area contributed by atoms with Crippen molar-refractivity contribution >= 4 is 43.2 Å². The Bertz CT molecular complexity index is 583. The molecule has 1 N–H and O–H groups in total. The lowest BCUT2D eigenvalue weighted by atomic mass is 9.99. The summed E-state index contributed by atoms with van der Waals surface area (Å²) in [6.45, 7) is 4.78. The van der Waals surface area contributed by atoms with E-state index in [-0.39, 0.29) is 11.9 Å². The Labute approximate surface area is 133 Å². The predicted octanol–water partition coefficient (Wildman–Crippen LogP) is 5.42. The Morgan fingerprint density at radius 1 is 1.26 bits per heavy atom. The fraction of sp³-hybridized carbons (Fsp3) is 0.286. The summed E-state index contributed by atoms with van der Waals surface area (Å²) in [5, 5.41) is 3.35. The first-order valence-corrected chi connectivity index (χ1v) is 8.37. The quantitative estimate of drug-likeness (QED) is 0.714. The summed E-state index contributed by atoms with van der Waals surface area (Å²) in [6, 6.07) is 7.12. The van der Waals surface area contributed by atoms with Crippen molar-refractivity contribution in [3.63, 3.8) is 0 Å². The van der Waals surface area contributed by atoms with E-state index in [1.165, 1.54) is 6.07 Å². The average Bonchev–Trinajstić information content (AvgIpc) is 2.69. The molecular formula is C14H14Br2FNS. The third-order valence-electron chi connectivity index (χ3n) is 2.86. The Morgan fingerprint density at radius 2 is 2.00 bits per heavy atom. The maximum atomic E-state index is 14.1. The van der Waals surface area contributed by atoms with Crippen LogP contribution in [0.5, 0.6) is 0 Å². The van der Waals surface area contributed by atoms with Crippen molar-refractivity contribution in [2.24, 2.45) is 0 Å². The molecule has 0 saturated carbocycles. The number of hydrogen-bond acceptors (Lipinski definition) is 2. The molecule has 1 aromatic carbocycles. The summed E-state index contributed by atoms with van der Waals surface area (Å²) in [7, 11) is 0. The average molecular weight is 407 g/mol. The number of thiophene rings is 1. The van der Waals surface area contributed by atoms with Gasteiger partial charge in [-0.3, -0.25) is 0 Å². The molecule has 0 saturated heterocycles. The molecule has 2 aromatic rings. The van der Waals surface area contributed by atoms with Crippen molar-refractivity contribution in [2.75, 3.05) is 6.54 Å². The van der Waals surface area contributed by atoms with Crippen LogP contribution in [0.25, 0.3) is 0 Å². The lowest BCUT2D eigenvalue weighted by molar-refractivity contribution is 0.558. The van der Waals surface area contributed by atoms with Gasteiger partial charge in [-0.25, -0.2) is 4.39 Å². The Balaban J connectivity index is 2.51. The van der Waals surface area contributed by atoms with Crippen LogP contribution in [-0.4, -0.2) is 6.54 Å². The number of rotatable bonds is 4. The maximum Gasteiger partial charge on any atom is 0.128 e. The molecule has 1 aromatic heterocycles. The lowest BCUT2D eigenvalue weighted by Crippen LogP contribution is -2.23. The van der Waals surface area contributed by atoms with E-state index < -0.39 is 0 Å². The van der Waals surface area contributed by atoms with Gasteiger partial charge in [0.2, 0.25) is 0 Å². The van der Waals surface area contributed by atoms with Gasteiger partial charge in [0.25, 0.3) is 0 Å². The Morgan fingerprint density at radius 3 is 2.58 bits per heavy atom. The summed E-state index contributed by atoms with van der Waals surface area (Å²) in [5.41, 5.74) is 2.81. The number of nitrogens with one attached hydrogen (secondary N) is 1. The fourth-order valence-corrected chi connectivity index (χ4v) is 4.93. The van der Waals surface area contributed by atoms with Crippen molar-refractivity contribution in [3.05, 3.63) is 54.3 Å². The molecule has 1 nitrogen and oxygen atoms in total. The van der Waals surface area contributed by atoms with E-state index in [4.69, 9.17) is 0 Å². The summed E-state index contributed by atoms with van der Waals surface area (Å²) < 4.78 is 16.2. The van der Waals surface area contributed by atoms with E-state index in [2.05, 4.69) is 37.2 Å². The second-order valence-electron chi connectivity index (χ2n) is 4.30. The highest BCUT2D eigenvalue weighted by Crippen LogP contribution is 2.38. The molecule has 0 bridgehead atoms. The van der Waals surface area contributed by atoms with Crippen molar-refractivity contribution in [2.45, 2.75) is 19.9 Å². The molecule has 0 aliphatic rings. The first-order chi connectivity index (χ1) is 9.02. The van der Waals surface area contributed by atoms with Crippen LogP contribution in [0, 0.1) is 12.7 Å². The normalized spacial score (nSPS) is 12.7. The lowest BCUT2D eigenvalue weighted by Gasteiger charge is -2.19. The molecule has 0 fully saturated rings. The van der Waals surface area contributed by atoms with Crippen LogP contribution in [0.15, 0.2) is 31.8 Å². The molecule has 0 radical (unpaired) electrons. The second kappa shape index (κ2) is 6.48. The van der Waals surface area contributed by atoms with E-state index in [1.807, 2.05) is 26.0 Å². The molecule has 0 aliphatic heterocycles. The predicted molar refractivity (Wildman–Crippen MR) is 86.4 cm³/mol. The molecule has 0 aliphatic carbocycles. The first-order valence-electron chi connectivity index (χ1n) is 5.97. The fourth-order valence-electron chi connectivity index (χ4n) is 2.03. The minimum Gasteiger partial charge on any atom is -0.306 e. The topological polar surface area (TPSA) is 12.0 Å². The molecule has 0 amide bonds. The van der Waals surface area contributed by atoms with Crippen LogP contribution < -0.4 is 5.32 Å². The van der Waals surface area contributed by atoms with Crippen LogP contribution in [-0.2, 0) is 0 Å². The van der Waals surface area contributed by atoms with Crippen LogP contribution in [0.3, 0.4) is 0 Å². The van der Waals surface area contributed by atoms with E-state index in [1.54, 1.807) is 17.4 Å². The molecule has 5 heteroatoms. The van der Waals surface area contributed by atoms with Crippen molar-refractivity contribution in [3.8, 4) is 0 Å². The van der Waals surface area contributed by atoms with Gasteiger partial charge in [0.1, 0.15) is 5.82 Å². The van der Waals surface area contributed by atoms with E-state index in [9.17, 15) is 4.39 Å². The summed E-state index contributed by atoms with van der Waals surface area (Å²) in [6.07, 6.45) is 0. The summed E-state index contributed by atoms with van der Waals surface area (Å²) >= 11 is 8.63. The number of hydrogen-bond donors (Lipinski definition) is 1. The van der Waals surface area contributed by atoms with E-state index >= 15 is 0 Å². The highest BCUT2D eigenvalue weighted by molar-refractivity contribution is 9.12. The minimum absolute atomic E-state index is 0.137. The molecule has 1 atom stereocenters. The highest BCUT2D eigenvalue weighted by Gasteiger charge is 2.21. The molecule has 2 rings (SSSR count). The van der Waals surface area contributed by atoms with Crippen molar-refractivity contribution in [1.82, 2.24) is 5.32 Å². The van der Waals surface area contributed by atoms with Crippen LogP contribution >= 0.6 is 43.2 Å². The van der Waals surface area contributed by atoms with Gasteiger partial charge in [-0.15, -0.1) is 11.3 Å². The van der Waals surface area contributed by atoms with Crippen molar-refractivity contribution in [1.29, 1.82) is 0 Å². The van der Waals surface area contributed by atoms with Crippen LogP contribution in [0.4, 0.5) is 4.39 Å². The summed E-state index contributed by atoms with van der Waals surface area (Å²) in [4.78, 5) is 0. The molecule has 102 valence electrons. The number of benzene rings is 1. The van der Waals surface area contributed by atoms with Gasteiger partial charge >= 0.3 is 0 Å². The van der Waals surface area contributed by atoms with E-state index in [0.717, 1.165) is 25.2 Å². The van der Waals surface area contributed by atoms with Crippen LogP contribution in [0.1, 0.15) is 29.7 Å². The van der Waals surface area contributed by atoms with Crippen molar-refractivity contribution < 1.29 is 4.39 Å². The second-order valence-corrected chi connectivity index (χ2v) is 8.04. The molecule has 0 spiro atoms. The first kappa shape index (κ1) is 15.2. The highest BCUT2D eigenvalue weighted by atomic mass is 79.9. The Hall–Kier alpha value is -0.230. The molecule has 19 heavy (non-hydrogen) atoms. The standard InChI is InChI=1S/C14H14Br2FNS/c1-3-18-13(10-7-12(15)19-14(10)16)9-6-8(2)4-5-11(9)17/h4-7,13,18H,3H2,1-2H3. The monoisotopic (exact) mass is 405 g/mol. The minimum atomic E-state index is -0.175. The zero-order chi connectivity index (χ0) is 14.0. The van der Waals surface area contributed by atoms with Gasteiger partial charge in [-0.05, 0) is 63.0 Å².